The molecule has 6 nitrogen and oxygen atoms in total. The van der Waals surface area contributed by atoms with Gasteiger partial charge in [0.05, 0.1) is 0 Å². The summed E-state index contributed by atoms with van der Waals surface area (Å²) in [5.74, 6) is 0.580. The molecule has 0 bridgehead atoms. The van der Waals surface area contributed by atoms with Crippen molar-refractivity contribution in [1.82, 2.24) is 10.1 Å². The van der Waals surface area contributed by atoms with E-state index in [1.54, 1.807) is 43.3 Å². The summed E-state index contributed by atoms with van der Waals surface area (Å²) in [5, 5.41) is 3.91. The minimum atomic E-state index is -0.498. The van der Waals surface area contributed by atoms with Crippen molar-refractivity contribution in [3.63, 3.8) is 0 Å². The van der Waals surface area contributed by atoms with Crippen LogP contribution in [0.3, 0.4) is 0 Å². The normalized spacial score (nSPS) is 11.9. The number of carbonyl (C=O) groups excluding carboxylic acids is 1. The highest BCUT2D eigenvalue weighted by Crippen LogP contribution is 2.21. The van der Waals surface area contributed by atoms with Crippen molar-refractivity contribution in [2.45, 2.75) is 19.4 Å². The van der Waals surface area contributed by atoms with Crippen molar-refractivity contribution < 1.29 is 18.4 Å². The van der Waals surface area contributed by atoms with Crippen LogP contribution in [0, 0.1) is 5.82 Å². The second kappa shape index (κ2) is 7.12. The zero-order chi connectivity index (χ0) is 17.8. The molecule has 0 aliphatic rings. The Hall–Kier alpha value is -3.22. The molecule has 0 aliphatic heterocycles. The largest absolute Gasteiger partial charge is 0.481 e. The molecular weight excluding hydrogens is 325 g/mol. The number of aromatic nitrogens is 2. The van der Waals surface area contributed by atoms with Gasteiger partial charge in [-0.2, -0.15) is 4.98 Å². The summed E-state index contributed by atoms with van der Waals surface area (Å²) in [4.78, 5) is 15.4. The zero-order valence-electron chi connectivity index (χ0n) is 13.5. The Balaban J connectivity index is 1.64. The first-order valence-corrected chi connectivity index (χ1v) is 7.64. The molecule has 0 aliphatic carbocycles. The van der Waals surface area contributed by atoms with Crippen molar-refractivity contribution in [1.29, 1.82) is 0 Å². The average Bonchev–Trinajstić information content (AvgIpc) is 3.06. The van der Waals surface area contributed by atoms with Crippen LogP contribution < -0.4 is 10.5 Å². The molecule has 1 atom stereocenters. The quantitative estimate of drug-likeness (QED) is 0.744. The third kappa shape index (κ3) is 4.20. The maximum Gasteiger partial charge on any atom is 0.267 e. The molecule has 2 N–H and O–H groups in total. The number of amides is 1. The van der Waals surface area contributed by atoms with Gasteiger partial charge in [0.2, 0.25) is 5.91 Å². The molecule has 2 aromatic carbocycles. The number of nitrogens with zero attached hydrogens (tertiary/aromatic N) is 2. The van der Waals surface area contributed by atoms with Crippen molar-refractivity contribution in [2.24, 2.45) is 5.73 Å². The van der Waals surface area contributed by atoms with Crippen molar-refractivity contribution >= 4 is 5.91 Å². The fraction of sp³-hybridized carbons (Fsp3) is 0.167. The molecule has 1 heterocycles. The fourth-order valence-electron chi connectivity index (χ4n) is 2.24. The minimum Gasteiger partial charge on any atom is -0.481 e. The van der Waals surface area contributed by atoms with Gasteiger partial charge in [-0.1, -0.05) is 17.3 Å². The highest BCUT2D eigenvalue weighted by molar-refractivity contribution is 5.92. The first-order chi connectivity index (χ1) is 12.0. The number of ether oxygens (including phenoxy) is 1. The van der Waals surface area contributed by atoms with Gasteiger partial charge in [-0.05, 0) is 48.9 Å². The minimum absolute atomic E-state index is 0.290. The SMILES string of the molecule is C[C@@H](Oc1ccc(C(N)=O)cc1)c1nc(Cc2ccc(F)cc2)no1. The Labute approximate surface area is 143 Å². The molecular formula is C18H16FN3O3. The van der Waals surface area contributed by atoms with Crippen molar-refractivity contribution in [2.75, 3.05) is 0 Å². The molecule has 0 spiro atoms. The van der Waals surface area contributed by atoms with E-state index < -0.39 is 12.0 Å². The van der Waals surface area contributed by atoms with E-state index in [0.717, 1.165) is 5.56 Å². The van der Waals surface area contributed by atoms with Crippen LogP contribution in [-0.2, 0) is 6.42 Å². The highest BCUT2D eigenvalue weighted by atomic mass is 19.1. The summed E-state index contributed by atoms with van der Waals surface area (Å²) in [7, 11) is 0. The summed E-state index contributed by atoms with van der Waals surface area (Å²) < 4.78 is 23.9. The van der Waals surface area contributed by atoms with Crippen LogP contribution >= 0.6 is 0 Å². The lowest BCUT2D eigenvalue weighted by Gasteiger charge is -2.10. The maximum absolute atomic E-state index is 12.9. The zero-order valence-corrected chi connectivity index (χ0v) is 13.5. The maximum atomic E-state index is 12.9. The average molecular weight is 341 g/mol. The molecule has 25 heavy (non-hydrogen) atoms. The summed E-state index contributed by atoms with van der Waals surface area (Å²) in [6, 6.07) is 12.6. The van der Waals surface area contributed by atoms with Crippen LogP contribution in [0.2, 0.25) is 0 Å². The summed E-state index contributed by atoms with van der Waals surface area (Å²) in [6.07, 6.45) is -0.0297. The summed E-state index contributed by atoms with van der Waals surface area (Å²) in [6.45, 7) is 1.77. The number of benzene rings is 2. The van der Waals surface area contributed by atoms with Gasteiger partial charge >= 0.3 is 0 Å². The number of rotatable bonds is 6. The van der Waals surface area contributed by atoms with Gasteiger partial charge in [0, 0.05) is 12.0 Å². The molecule has 0 fully saturated rings. The van der Waals surface area contributed by atoms with E-state index in [0.29, 0.717) is 29.4 Å². The van der Waals surface area contributed by atoms with Gasteiger partial charge in [0.1, 0.15) is 11.6 Å². The van der Waals surface area contributed by atoms with E-state index in [1.165, 1.54) is 12.1 Å². The van der Waals surface area contributed by atoms with Gasteiger partial charge in [-0.15, -0.1) is 0 Å². The van der Waals surface area contributed by atoms with E-state index in [2.05, 4.69) is 10.1 Å². The van der Waals surface area contributed by atoms with Crippen LogP contribution in [0.5, 0.6) is 5.75 Å². The van der Waals surface area contributed by atoms with Crippen LogP contribution in [0.15, 0.2) is 53.1 Å². The molecule has 1 aromatic heterocycles. The summed E-state index contributed by atoms with van der Waals surface area (Å²) in [5.41, 5.74) is 6.48. The molecule has 7 heteroatoms. The van der Waals surface area contributed by atoms with E-state index in [9.17, 15) is 9.18 Å². The van der Waals surface area contributed by atoms with Gasteiger partial charge < -0.3 is 15.0 Å². The lowest BCUT2D eigenvalue weighted by Crippen LogP contribution is -2.10. The third-order valence-electron chi connectivity index (χ3n) is 3.56. The molecule has 0 radical (unpaired) electrons. The second-order valence-corrected chi connectivity index (χ2v) is 5.50. The van der Waals surface area contributed by atoms with Gasteiger partial charge in [-0.25, -0.2) is 4.39 Å². The fourth-order valence-corrected chi connectivity index (χ4v) is 2.24. The second-order valence-electron chi connectivity index (χ2n) is 5.50. The highest BCUT2D eigenvalue weighted by Gasteiger charge is 2.16. The van der Waals surface area contributed by atoms with Crippen LogP contribution in [0.25, 0.3) is 0 Å². The van der Waals surface area contributed by atoms with Crippen molar-refractivity contribution in [3.05, 3.63) is 77.2 Å². The number of hydrogen-bond donors (Lipinski definition) is 1. The van der Waals surface area contributed by atoms with Crippen molar-refractivity contribution in [3.8, 4) is 5.75 Å². The lowest BCUT2D eigenvalue weighted by atomic mass is 10.1. The number of halogens is 1. The molecule has 3 aromatic rings. The Morgan fingerprint density at radius 3 is 2.52 bits per heavy atom. The first-order valence-electron chi connectivity index (χ1n) is 7.64. The molecule has 0 saturated carbocycles. The van der Waals surface area contributed by atoms with E-state index >= 15 is 0 Å². The molecule has 1 amide bonds. The first kappa shape index (κ1) is 16.6. The van der Waals surface area contributed by atoms with Gasteiger partial charge in [-0.3, -0.25) is 4.79 Å². The number of primary amides is 1. The number of carbonyl (C=O) groups is 1. The molecule has 0 saturated heterocycles. The predicted molar refractivity (Wildman–Crippen MR) is 87.5 cm³/mol. The number of nitrogens with two attached hydrogens (primary N) is 1. The topological polar surface area (TPSA) is 91.2 Å². The van der Waals surface area contributed by atoms with E-state index in [-0.39, 0.29) is 5.82 Å². The Morgan fingerprint density at radius 1 is 1.20 bits per heavy atom. The number of hydrogen-bond acceptors (Lipinski definition) is 5. The molecule has 3 rings (SSSR count). The lowest BCUT2D eigenvalue weighted by molar-refractivity contribution is 0.1000. The molecule has 0 unspecified atom stereocenters. The molecule has 128 valence electrons. The Bertz CT molecular complexity index is 860. The summed E-state index contributed by atoms with van der Waals surface area (Å²) >= 11 is 0. The van der Waals surface area contributed by atoms with E-state index in [1.807, 2.05) is 0 Å². The smallest absolute Gasteiger partial charge is 0.267 e. The Kier molecular flexibility index (Phi) is 4.74. The Morgan fingerprint density at radius 2 is 1.88 bits per heavy atom. The standard InChI is InChI=1S/C18H16FN3O3/c1-11(24-15-8-4-13(5-9-15)17(20)23)18-21-16(22-25-18)10-12-2-6-14(19)7-3-12/h2-9,11H,10H2,1H3,(H2,20,23)/t11-/m1/s1. The van der Waals surface area contributed by atoms with Crippen LogP contribution in [0.4, 0.5) is 4.39 Å². The van der Waals surface area contributed by atoms with E-state index in [4.69, 9.17) is 15.0 Å². The van der Waals surface area contributed by atoms with Crippen LogP contribution in [0.1, 0.15) is 40.7 Å². The predicted octanol–water partition coefficient (Wildman–Crippen LogP) is 3.04. The van der Waals surface area contributed by atoms with Gasteiger partial charge in [0.25, 0.3) is 5.89 Å². The third-order valence-corrected chi connectivity index (χ3v) is 3.56. The van der Waals surface area contributed by atoms with Crippen LogP contribution in [-0.4, -0.2) is 16.0 Å². The monoisotopic (exact) mass is 341 g/mol. The van der Waals surface area contributed by atoms with Gasteiger partial charge in [0.15, 0.2) is 11.9 Å².